The predicted molar refractivity (Wildman–Crippen MR) is 112 cm³/mol. The molecule has 1 saturated heterocycles. The lowest BCUT2D eigenvalue weighted by atomic mass is 9.98. The van der Waals surface area contributed by atoms with Crippen molar-refractivity contribution < 1.29 is 29.0 Å². The quantitative estimate of drug-likeness (QED) is 0.706. The number of amides is 2. The van der Waals surface area contributed by atoms with E-state index < -0.39 is 30.1 Å². The van der Waals surface area contributed by atoms with E-state index in [9.17, 15) is 14.4 Å². The van der Waals surface area contributed by atoms with E-state index in [0.29, 0.717) is 13.0 Å². The van der Waals surface area contributed by atoms with Crippen LogP contribution in [0.2, 0.25) is 0 Å². The molecule has 8 nitrogen and oxygen atoms in total. The smallest absolute Gasteiger partial charge is 0.407 e. The largest absolute Gasteiger partial charge is 0.480 e. The number of hydrogen-bond donors (Lipinski definition) is 2. The number of carboxylic acid groups (broad SMARTS) is 1. The molecule has 4 rings (SSSR count). The molecule has 1 aliphatic carbocycles. The van der Waals surface area contributed by atoms with Crippen LogP contribution < -0.4 is 5.32 Å². The van der Waals surface area contributed by atoms with Crippen molar-refractivity contribution in [1.29, 1.82) is 0 Å². The molecule has 2 amide bonds. The maximum absolute atomic E-state index is 12.5. The number of nitrogens with one attached hydrogen (secondary N) is 1. The van der Waals surface area contributed by atoms with Gasteiger partial charge < -0.3 is 24.8 Å². The van der Waals surface area contributed by atoms with Gasteiger partial charge in [0.15, 0.2) is 6.10 Å². The number of aliphatic carboxylic acids is 1. The fourth-order valence-corrected chi connectivity index (χ4v) is 4.19. The zero-order chi connectivity index (χ0) is 22.0. The van der Waals surface area contributed by atoms with Crippen molar-refractivity contribution in [2.45, 2.75) is 24.5 Å². The Balaban J connectivity index is 1.33. The fourth-order valence-electron chi connectivity index (χ4n) is 4.19. The van der Waals surface area contributed by atoms with E-state index >= 15 is 0 Å². The summed E-state index contributed by atoms with van der Waals surface area (Å²) in [6.45, 7) is 0.425. The van der Waals surface area contributed by atoms with Crippen molar-refractivity contribution in [2.75, 3.05) is 26.8 Å². The Morgan fingerprint density at radius 3 is 2.23 bits per heavy atom. The lowest BCUT2D eigenvalue weighted by Crippen LogP contribution is -2.59. The minimum Gasteiger partial charge on any atom is -0.480 e. The fraction of sp³-hybridized carbons (Fsp3) is 0.348. The van der Waals surface area contributed by atoms with Crippen LogP contribution in [0.3, 0.4) is 0 Å². The van der Waals surface area contributed by atoms with Crippen molar-refractivity contribution >= 4 is 18.0 Å². The van der Waals surface area contributed by atoms with E-state index in [2.05, 4.69) is 17.4 Å². The van der Waals surface area contributed by atoms with E-state index in [1.165, 1.54) is 12.0 Å². The lowest BCUT2D eigenvalue weighted by molar-refractivity contribution is -0.162. The third kappa shape index (κ3) is 3.98. The molecule has 0 spiro atoms. The number of hydrogen-bond acceptors (Lipinski definition) is 5. The van der Waals surface area contributed by atoms with Crippen LogP contribution in [0.25, 0.3) is 11.1 Å². The Morgan fingerprint density at radius 1 is 1.10 bits per heavy atom. The maximum Gasteiger partial charge on any atom is 0.407 e. The molecule has 0 saturated carbocycles. The molecule has 2 aromatic carbocycles. The Hall–Kier alpha value is -3.39. The molecule has 1 fully saturated rings. The van der Waals surface area contributed by atoms with E-state index in [1.807, 2.05) is 36.4 Å². The Bertz CT molecular complexity index is 962. The third-order valence-corrected chi connectivity index (χ3v) is 5.92. The summed E-state index contributed by atoms with van der Waals surface area (Å²) in [4.78, 5) is 37.1. The number of alkyl carbamates (subject to hydrolysis) is 1. The van der Waals surface area contributed by atoms with Gasteiger partial charge in [-0.05, 0) is 28.7 Å². The van der Waals surface area contributed by atoms with Crippen LogP contribution >= 0.6 is 0 Å². The summed E-state index contributed by atoms with van der Waals surface area (Å²) in [7, 11) is 1.34. The topological polar surface area (TPSA) is 105 Å². The van der Waals surface area contributed by atoms with Crippen molar-refractivity contribution in [3.63, 3.8) is 0 Å². The number of nitrogens with zero attached hydrogens (tertiary/aromatic N) is 1. The number of carbonyl (C=O) groups is 3. The molecular weight excluding hydrogens is 400 g/mol. The number of carboxylic acids is 1. The minimum atomic E-state index is -1.04. The molecule has 162 valence electrons. The molecule has 0 aromatic heterocycles. The van der Waals surface area contributed by atoms with Gasteiger partial charge in [-0.3, -0.25) is 4.79 Å². The predicted octanol–water partition coefficient (Wildman–Crippen LogP) is 2.23. The second-order valence-electron chi connectivity index (χ2n) is 7.61. The number of likely N-dealkylation sites (tertiary alicyclic amines) is 1. The summed E-state index contributed by atoms with van der Waals surface area (Å²) in [5.41, 5.74) is 4.50. The van der Waals surface area contributed by atoms with Gasteiger partial charge in [-0.2, -0.15) is 0 Å². The standard InChI is InChI=1S/C23H24N2O6/c1-30-20(21(26)25-11-10-19(25)22(27)28)12-24-23(29)31-13-18-16-8-4-2-6-14(16)15-7-3-5-9-17(15)18/h2-9,18-20H,10-13H2,1H3,(H,24,29)(H,27,28). The average Bonchev–Trinajstić information content (AvgIpc) is 3.05. The molecule has 2 unspecified atom stereocenters. The first-order chi connectivity index (χ1) is 15.0. The van der Waals surface area contributed by atoms with Gasteiger partial charge >= 0.3 is 12.1 Å². The highest BCUT2D eigenvalue weighted by atomic mass is 16.5. The number of fused-ring (bicyclic) bond motifs is 3. The van der Waals surface area contributed by atoms with Gasteiger partial charge in [-0.25, -0.2) is 9.59 Å². The van der Waals surface area contributed by atoms with Crippen molar-refractivity contribution in [3.8, 4) is 11.1 Å². The molecule has 1 heterocycles. The Labute approximate surface area is 179 Å². The van der Waals surface area contributed by atoms with Crippen LogP contribution in [0, 0.1) is 0 Å². The second kappa shape index (κ2) is 8.77. The van der Waals surface area contributed by atoms with E-state index in [-0.39, 0.29) is 19.1 Å². The summed E-state index contributed by atoms with van der Waals surface area (Å²) in [5.74, 6) is -1.56. The van der Waals surface area contributed by atoms with Crippen LogP contribution in [-0.2, 0) is 19.1 Å². The summed E-state index contributed by atoms with van der Waals surface area (Å²) in [6, 6.07) is 15.3. The van der Waals surface area contributed by atoms with Crippen LogP contribution in [0.5, 0.6) is 0 Å². The van der Waals surface area contributed by atoms with Gasteiger partial charge in [0.05, 0.1) is 6.54 Å². The molecule has 1 aliphatic heterocycles. The third-order valence-electron chi connectivity index (χ3n) is 5.92. The molecule has 2 atom stereocenters. The molecule has 8 heteroatoms. The van der Waals surface area contributed by atoms with Crippen molar-refractivity contribution in [1.82, 2.24) is 10.2 Å². The molecule has 0 radical (unpaired) electrons. The van der Waals surface area contributed by atoms with Crippen molar-refractivity contribution in [2.24, 2.45) is 0 Å². The number of rotatable bonds is 7. The number of benzene rings is 2. The summed E-state index contributed by atoms with van der Waals surface area (Å²) < 4.78 is 10.6. The van der Waals surface area contributed by atoms with E-state index in [0.717, 1.165) is 22.3 Å². The van der Waals surface area contributed by atoms with Gasteiger partial charge in [0.2, 0.25) is 0 Å². The van der Waals surface area contributed by atoms with Crippen LogP contribution in [0.4, 0.5) is 4.79 Å². The van der Waals surface area contributed by atoms with E-state index in [4.69, 9.17) is 14.6 Å². The van der Waals surface area contributed by atoms with Crippen LogP contribution in [-0.4, -0.2) is 66.9 Å². The summed E-state index contributed by atoms with van der Waals surface area (Å²) in [5, 5.41) is 11.7. The molecule has 2 aliphatic rings. The maximum atomic E-state index is 12.5. The van der Waals surface area contributed by atoms with Gasteiger partial charge in [-0.15, -0.1) is 0 Å². The molecule has 2 N–H and O–H groups in total. The second-order valence-corrected chi connectivity index (χ2v) is 7.61. The first-order valence-electron chi connectivity index (χ1n) is 10.2. The van der Waals surface area contributed by atoms with E-state index in [1.54, 1.807) is 0 Å². The van der Waals surface area contributed by atoms with Crippen molar-refractivity contribution in [3.05, 3.63) is 59.7 Å². The number of methoxy groups -OCH3 is 1. The Morgan fingerprint density at radius 2 is 1.71 bits per heavy atom. The number of carbonyl (C=O) groups excluding carboxylic acids is 2. The van der Waals surface area contributed by atoms with Gasteiger partial charge in [0, 0.05) is 19.6 Å². The minimum absolute atomic E-state index is 0.0598. The first-order valence-corrected chi connectivity index (χ1v) is 10.2. The highest BCUT2D eigenvalue weighted by molar-refractivity contribution is 5.88. The van der Waals surface area contributed by atoms with Crippen LogP contribution in [0.1, 0.15) is 23.5 Å². The summed E-state index contributed by atoms with van der Waals surface area (Å²) >= 11 is 0. The molecule has 2 aromatic rings. The highest BCUT2D eigenvalue weighted by Crippen LogP contribution is 2.44. The summed E-state index contributed by atoms with van der Waals surface area (Å²) in [6.07, 6.45) is -1.21. The monoisotopic (exact) mass is 424 g/mol. The van der Waals surface area contributed by atoms with Crippen LogP contribution in [0.15, 0.2) is 48.5 Å². The molecule has 31 heavy (non-hydrogen) atoms. The SMILES string of the molecule is COC(CNC(=O)OCC1c2ccccc2-c2ccccc21)C(=O)N1CCC1C(=O)O. The highest BCUT2D eigenvalue weighted by Gasteiger charge is 2.40. The Kier molecular flexibility index (Phi) is 5.90. The zero-order valence-electron chi connectivity index (χ0n) is 17.1. The normalized spacial score (nSPS) is 17.8. The number of ether oxygens (including phenoxy) is 2. The average molecular weight is 424 g/mol. The van der Waals surface area contributed by atoms with Gasteiger partial charge in [0.1, 0.15) is 12.6 Å². The molecular formula is C23H24N2O6. The van der Waals surface area contributed by atoms with Gasteiger partial charge in [0.25, 0.3) is 5.91 Å². The van der Waals surface area contributed by atoms with Gasteiger partial charge in [-0.1, -0.05) is 48.5 Å². The zero-order valence-corrected chi connectivity index (χ0v) is 17.1. The first kappa shape index (κ1) is 20.9. The molecule has 0 bridgehead atoms. The lowest BCUT2D eigenvalue weighted by Gasteiger charge is -2.39.